The van der Waals surface area contributed by atoms with Crippen molar-refractivity contribution in [3.8, 4) is 0 Å². The Balaban J connectivity index is 2.28. The second-order valence-corrected chi connectivity index (χ2v) is 4.57. The minimum absolute atomic E-state index is 0.505. The summed E-state index contributed by atoms with van der Waals surface area (Å²) in [5.74, 6) is 0. The van der Waals surface area contributed by atoms with Crippen LogP contribution in [-0.4, -0.2) is 26.9 Å². The number of hydrogen-bond acceptors (Lipinski definition) is 3. The number of rotatable bonds is 3. The van der Waals surface area contributed by atoms with E-state index in [4.69, 9.17) is 10.0 Å². The molecule has 18 heavy (non-hydrogen) atoms. The van der Waals surface area contributed by atoms with E-state index >= 15 is 0 Å². The lowest BCUT2D eigenvalue weighted by molar-refractivity contribution is 0.425. The molecule has 0 aliphatic carbocycles. The molecule has 0 aliphatic rings. The van der Waals surface area contributed by atoms with E-state index in [2.05, 4.69) is 12.0 Å². The molecule has 0 spiro atoms. The van der Waals surface area contributed by atoms with Crippen LogP contribution < -0.4 is 5.46 Å². The van der Waals surface area contributed by atoms with Crippen molar-refractivity contribution < 1.29 is 10.0 Å². The van der Waals surface area contributed by atoms with Gasteiger partial charge in [-0.1, -0.05) is 24.3 Å². The van der Waals surface area contributed by atoms with Gasteiger partial charge >= 0.3 is 7.12 Å². The van der Waals surface area contributed by atoms with Crippen LogP contribution in [0.15, 0.2) is 24.3 Å². The zero-order valence-corrected chi connectivity index (χ0v) is 10.9. The maximum atomic E-state index is 9.15. The fourth-order valence-corrected chi connectivity index (χ4v) is 1.97. The molecule has 1 aromatic heterocycles. The smallest absolute Gasteiger partial charge is 0.423 e. The molecule has 0 bridgehead atoms. The number of aromatic nitrogens is 2. The first-order valence-corrected chi connectivity index (χ1v) is 5.94. The van der Waals surface area contributed by atoms with Gasteiger partial charge < -0.3 is 10.0 Å². The second kappa shape index (κ2) is 4.96. The molecule has 2 aromatic rings. The molecule has 0 fully saturated rings. The van der Waals surface area contributed by atoms with Crippen molar-refractivity contribution in [2.45, 2.75) is 27.3 Å². The van der Waals surface area contributed by atoms with Gasteiger partial charge in [0.15, 0.2) is 0 Å². The molecule has 0 unspecified atom stereocenters. The summed E-state index contributed by atoms with van der Waals surface area (Å²) in [6.07, 6.45) is 0. The van der Waals surface area contributed by atoms with E-state index in [-0.39, 0.29) is 0 Å². The van der Waals surface area contributed by atoms with Crippen LogP contribution in [0.3, 0.4) is 0 Å². The highest BCUT2D eigenvalue weighted by Crippen LogP contribution is 2.12. The molecule has 0 aliphatic heterocycles. The predicted octanol–water partition coefficient (Wildman–Crippen LogP) is 0.536. The van der Waals surface area contributed by atoms with Crippen molar-refractivity contribution in [1.82, 2.24) is 9.78 Å². The van der Waals surface area contributed by atoms with Gasteiger partial charge in [-0.25, -0.2) is 0 Å². The first-order chi connectivity index (χ1) is 8.49. The van der Waals surface area contributed by atoms with E-state index in [0.29, 0.717) is 12.0 Å². The predicted molar refractivity (Wildman–Crippen MR) is 71.8 cm³/mol. The molecular formula is C13H17BN2O2. The van der Waals surface area contributed by atoms with Crippen molar-refractivity contribution in [3.05, 3.63) is 46.8 Å². The maximum Gasteiger partial charge on any atom is 0.488 e. The van der Waals surface area contributed by atoms with Gasteiger partial charge in [0.05, 0.1) is 12.2 Å². The summed E-state index contributed by atoms with van der Waals surface area (Å²) < 4.78 is 1.94. The van der Waals surface area contributed by atoms with E-state index in [1.54, 1.807) is 12.1 Å². The number of benzene rings is 1. The summed E-state index contributed by atoms with van der Waals surface area (Å²) in [5, 5.41) is 22.8. The third kappa shape index (κ3) is 2.47. The lowest BCUT2D eigenvalue weighted by atomic mass is 9.80. The molecule has 5 heteroatoms. The number of aryl methyl sites for hydroxylation is 1. The van der Waals surface area contributed by atoms with Gasteiger partial charge in [-0.15, -0.1) is 0 Å². The van der Waals surface area contributed by atoms with E-state index in [9.17, 15) is 0 Å². The molecule has 2 rings (SSSR count). The van der Waals surface area contributed by atoms with Gasteiger partial charge in [-0.05, 0) is 37.4 Å². The molecule has 0 amide bonds. The van der Waals surface area contributed by atoms with Gasteiger partial charge in [0.25, 0.3) is 0 Å². The van der Waals surface area contributed by atoms with Crippen LogP contribution in [0.1, 0.15) is 22.5 Å². The van der Waals surface area contributed by atoms with Crippen LogP contribution in [0.4, 0.5) is 0 Å². The number of nitrogens with zero attached hydrogens (tertiary/aromatic N) is 2. The van der Waals surface area contributed by atoms with E-state index in [0.717, 1.165) is 17.0 Å². The van der Waals surface area contributed by atoms with Gasteiger partial charge in [0, 0.05) is 5.69 Å². The van der Waals surface area contributed by atoms with Crippen molar-refractivity contribution in [1.29, 1.82) is 0 Å². The summed E-state index contributed by atoms with van der Waals surface area (Å²) in [4.78, 5) is 0. The highest BCUT2D eigenvalue weighted by molar-refractivity contribution is 6.58. The Labute approximate surface area is 107 Å². The maximum absolute atomic E-state index is 9.15. The zero-order valence-electron chi connectivity index (χ0n) is 10.9. The molecule has 0 saturated heterocycles. The summed E-state index contributed by atoms with van der Waals surface area (Å²) in [6.45, 7) is 6.73. The Kier molecular flexibility index (Phi) is 3.54. The Morgan fingerprint density at radius 3 is 2.50 bits per heavy atom. The Morgan fingerprint density at radius 2 is 1.94 bits per heavy atom. The third-order valence-corrected chi connectivity index (χ3v) is 3.32. The van der Waals surface area contributed by atoms with Crippen molar-refractivity contribution in [2.24, 2.45) is 0 Å². The Bertz CT molecular complexity index is 564. The van der Waals surface area contributed by atoms with Crippen molar-refractivity contribution in [3.63, 3.8) is 0 Å². The van der Waals surface area contributed by atoms with Gasteiger partial charge in [-0.2, -0.15) is 5.10 Å². The third-order valence-electron chi connectivity index (χ3n) is 3.32. The summed E-state index contributed by atoms with van der Waals surface area (Å²) in [7, 11) is -1.42. The molecule has 4 nitrogen and oxygen atoms in total. The van der Waals surface area contributed by atoms with Crippen LogP contribution in [0.5, 0.6) is 0 Å². The number of hydrogen-bond donors (Lipinski definition) is 2. The standard InChI is InChI=1S/C13H17BN2O2/c1-9-10(2)15-16(11(9)3)8-12-5-4-6-13(7-12)14(17)18/h4-7,17-18H,8H2,1-3H3. The molecular weight excluding hydrogens is 227 g/mol. The molecule has 94 valence electrons. The molecule has 0 saturated carbocycles. The fraction of sp³-hybridized carbons (Fsp3) is 0.308. The van der Waals surface area contributed by atoms with Crippen LogP contribution in [0.2, 0.25) is 0 Å². The largest absolute Gasteiger partial charge is 0.488 e. The van der Waals surface area contributed by atoms with Crippen molar-refractivity contribution in [2.75, 3.05) is 0 Å². The highest BCUT2D eigenvalue weighted by Gasteiger charge is 2.12. The van der Waals surface area contributed by atoms with Gasteiger partial charge in [0.1, 0.15) is 0 Å². The average Bonchev–Trinajstić information content (AvgIpc) is 2.57. The highest BCUT2D eigenvalue weighted by atomic mass is 16.4. The van der Waals surface area contributed by atoms with E-state index in [1.165, 1.54) is 5.56 Å². The molecule has 0 atom stereocenters. The lowest BCUT2D eigenvalue weighted by Crippen LogP contribution is -2.30. The topological polar surface area (TPSA) is 58.3 Å². The molecule has 1 aromatic carbocycles. The molecule has 0 radical (unpaired) electrons. The van der Waals surface area contributed by atoms with Crippen LogP contribution >= 0.6 is 0 Å². The monoisotopic (exact) mass is 244 g/mol. The Hall–Kier alpha value is -1.59. The average molecular weight is 244 g/mol. The van der Waals surface area contributed by atoms with Gasteiger partial charge in [0.2, 0.25) is 0 Å². The Morgan fingerprint density at radius 1 is 1.22 bits per heavy atom. The minimum atomic E-state index is -1.42. The SMILES string of the molecule is Cc1nn(Cc2cccc(B(O)O)c2)c(C)c1C. The summed E-state index contributed by atoms with van der Waals surface area (Å²) >= 11 is 0. The first kappa shape index (κ1) is 12.9. The fourth-order valence-electron chi connectivity index (χ4n) is 1.97. The van der Waals surface area contributed by atoms with Gasteiger partial charge in [-0.3, -0.25) is 4.68 Å². The molecule has 1 heterocycles. The quantitative estimate of drug-likeness (QED) is 0.774. The van der Waals surface area contributed by atoms with Crippen molar-refractivity contribution >= 4 is 12.6 Å². The summed E-state index contributed by atoms with van der Waals surface area (Å²) in [6, 6.07) is 7.26. The molecule has 2 N–H and O–H groups in total. The van der Waals surface area contributed by atoms with E-state index in [1.807, 2.05) is 30.7 Å². The second-order valence-electron chi connectivity index (χ2n) is 4.57. The van der Waals surface area contributed by atoms with E-state index < -0.39 is 7.12 Å². The van der Waals surface area contributed by atoms with Crippen LogP contribution in [-0.2, 0) is 6.54 Å². The summed E-state index contributed by atoms with van der Waals surface area (Å²) in [5.41, 5.74) is 4.89. The minimum Gasteiger partial charge on any atom is -0.423 e. The van der Waals surface area contributed by atoms with Crippen LogP contribution in [0, 0.1) is 20.8 Å². The normalized spacial score (nSPS) is 10.7. The lowest BCUT2D eigenvalue weighted by Gasteiger charge is -2.07. The zero-order chi connectivity index (χ0) is 13.3. The first-order valence-electron chi connectivity index (χ1n) is 5.94. The van der Waals surface area contributed by atoms with Crippen LogP contribution in [0.25, 0.3) is 0 Å².